The van der Waals surface area contributed by atoms with E-state index in [1.807, 2.05) is 49.1 Å². The van der Waals surface area contributed by atoms with Gasteiger partial charge in [0.2, 0.25) is 0 Å². The molecule has 1 N–H and O–H groups in total. The first-order valence-electron chi connectivity index (χ1n) is 6.95. The number of imide groups is 1. The predicted molar refractivity (Wildman–Crippen MR) is 77.0 cm³/mol. The zero-order valence-electron chi connectivity index (χ0n) is 12.2. The average Bonchev–Trinajstić information content (AvgIpc) is 2.69. The number of urea groups is 1. The fraction of sp³-hybridized carbons (Fsp3) is 0.467. The third-order valence-electron chi connectivity index (χ3n) is 3.86. The highest BCUT2D eigenvalue weighted by atomic mass is 16.2. The number of benzene rings is 1. The molecule has 108 valence electrons. The second kappa shape index (κ2) is 5.63. The van der Waals surface area contributed by atoms with Crippen molar-refractivity contribution in [1.82, 2.24) is 15.1 Å². The van der Waals surface area contributed by atoms with Crippen LogP contribution in [0.3, 0.4) is 0 Å². The van der Waals surface area contributed by atoms with Gasteiger partial charge in [-0.05, 0) is 25.6 Å². The summed E-state index contributed by atoms with van der Waals surface area (Å²) < 4.78 is 0. The predicted octanol–water partition coefficient (Wildman–Crippen LogP) is 1.75. The molecule has 0 aromatic heterocycles. The Kier molecular flexibility index (Phi) is 4.09. The molecular weight excluding hydrogens is 254 g/mol. The summed E-state index contributed by atoms with van der Waals surface area (Å²) in [6.45, 7) is 7.72. The molecule has 1 aliphatic heterocycles. The molecule has 20 heavy (non-hydrogen) atoms. The number of carbonyl (C=O) groups excluding carboxylic acids is 2. The summed E-state index contributed by atoms with van der Waals surface area (Å²) >= 11 is 0. The zero-order valence-corrected chi connectivity index (χ0v) is 12.2. The van der Waals surface area contributed by atoms with Gasteiger partial charge >= 0.3 is 6.03 Å². The molecule has 0 spiro atoms. The molecule has 1 aromatic carbocycles. The van der Waals surface area contributed by atoms with E-state index in [2.05, 4.69) is 5.32 Å². The van der Waals surface area contributed by atoms with Gasteiger partial charge in [0.15, 0.2) is 0 Å². The van der Waals surface area contributed by atoms with E-state index in [0.29, 0.717) is 6.67 Å². The SMILES string of the molecule is CCN(CC)CN1C(=O)NC(C)(c2ccccc2)C1=O. The quantitative estimate of drug-likeness (QED) is 0.833. The van der Waals surface area contributed by atoms with E-state index in [1.165, 1.54) is 4.90 Å². The normalized spacial score (nSPS) is 22.5. The Balaban J connectivity index is 2.24. The summed E-state index contributed by atoms with van der Waals surface area (Å²) in [5.41, 5.74) is -0.161. The van der Waals surface area contributed by atoms with Crippen molar-refractivity contribution in [2.45, 2.75) is 26.3 Å². The van der Waals surface area contributed by atoms with Gasteiger partial charge in [0.1, 0.15) is 5.54 Å². The fourth-order valence-corrected chi connectivity index (χ4v) is 2.42. The number of nitrogens with zero attached hydrogens (tertiary/aromatic N) is 2. The molecule has 1 aliphatic rings. The van der Waals surface area contributed by atoms with Gasteiger partial charge in [0.05, 0.1) is 6.67 Å². The van der Waals surface area contributed by atoms with E-state index >= 15 is 0 Å². The van der Waals surface area contributed by atoms with E-state index in [-0.39, 0.29) is 11.9 Å². The van der Waals surface area contributed by atoms with Crippen LogP contribution < -0.4 is 5.32 Å². The van der Waals surface area contributed by atoms with E-state index in [4.69, 9.17) is 0 Å². The summed E-state index contributed by atoms with van der Waals surface area (Å²) in [4.78, 5) is 28.1. The Bertz CT molecular complexity index is 499. The van der Waals surface area contributed by atoms with Crippen molar-refractivity contribution >= 4 is 11.9 Å². The topological polar surface area (TPSA) is 52.6 Å². The van der Waals surface area contributed by atoms with Crippen LogP contribution in [0.2, 0.25) is 0 Å². The Morgan fingerprint density at radius 1 is 1.15 bits per heavy atom. The average molecular weight is 275 g/mol. The summed E-state index contributed by atoms with van der Waals surface area (Å²) in [7, 11) is 0. The first-order valence-corrected chi connectivity index (χ1v) is 6.95. The number of nitrogens with one attached hydrogen (secondary N) is 1. The Morgan fingerprint density at radius 2 is 1.75 bits per heavy atom. The second-order valence-corrected chi connectivity index (χ2v) is 5.10. The van der Waals surface area contributed by atoms with E-state index in [9.17, 15) is 9.59 Å². The molecule has 5 heteroatoms. The fourth-order valence-electron chi connectivity index (χ4n) is 2.42. The lowest BCUT2D eigenvalue weighted by atomic mass is 9.92. The molecule has 1 saturated heterocycles. The number of hydrogen-bond acceptors (Lipinski definition) is 3. The highest BCUT2D eigenvalue weighted by molar-refractivity contribution is 6.07. The van der Waals surface area contributed by atoms with Gasteiger partial charge in [0.25, 0.3) is 5.91 Å². The van der Waals surface area contributed by atoms with Crippen molar-refractivity contribution in [2.24, 2.45) is 0 Å². The van der Waals surface area contributed by atoms with Crippen molar-refractivity contribution in [3.63, 3.8) is 0 Å². The van der Waals surface area contributed by atoms with E-state index < -0.39 is 5.54 Å². The van der Waals surface area contributed by atoms with Gasteiger partial charge in [-0.25, -0.2) is 9.69 Å². The lowest BCUT2D eigenvalue weighted by molar-refractivity contribution is -0.132. The maximum atomic E-state index is 12.6. The number of amides is 3. The van der Waals surface area contributed by atoms with E-state index in [0.717, 1.165) is 18.7 Å². The van der Waals surface area contributed by atoms with Crippen LogP contribution in [0.1, 0.15) is 26.3 Å². The molecule has 0 saturated carbocycles. The number of hydrogen-bond donors (Lipinski definition) is 1. The highest BCUT2D eigenvalue weighted by Crippen LogP contribution is 2.28. The molecule has 5 nitrogen and oxygen atoms in total. The van der Waals surface area contributed by atoms with Crippen LogP contribution in [-0.4, -0.2) is 41.5 Å². The van der Waals surface area contributed by atoms with Gasteiger partial charge in [-0.15, -0.1) is 0 Å². The van der Waals surface area contributed by atoms with Crippen molar-refractivity contribution in [2.75, 3.05) is 19.8 Å². The molecule has 1 unspecified atom stereocenters. The molecule has 3 amide bonds. The standard InChI is InChI=1S/C15H21N3O2/c1-4-17(5-2)11-18-13(19)15(3,16-14(18)20)12-9-7-6-8-10-12/h6-10H,4-5,11H2,1-3H3,(H,16,20). The zero-order chi connectivity index (χ0) is 14.8. The molecular formula is C15H21N3O2. The number of carbonyl (C=O) groups is 2. The molecule has 0 bridgehead atoms. The van der Waals surface area contributed by atoms with Crippen molar-refractivity contribution in [1.29, 1.82) is 0 Å². The van der Waals surface area contributed by atoms with Crippen molar-refractivity contribution < 1.29 is 9.59 Å². The minimum absolute atomic E-state index is 0.194. The minimum Gasteiger partial charge on any atom is -0.319 e. The second-order valence-electron chi connectivity index (χ2n) is 5.10. The van der Waals surface area contributed by atoms with Crippen LogP contribution in [0.5, 0.6) is 0 Å². The number of rotatable bonds is 5. The van der Waals surface area contributed by atoms with Crippen LogP contribution in [0.25, 0.3) is 0 Å². The van der Waals surface area contributed by atoms with Gasteiger partial charge in [0, 0.05) is 0 Å². The monoisotopic (exact) mass is 275 g/mol. The third-order valence-corrected chi connectivity index (χ3v) is 3.86. The lowest BCUT2D eigenvalue weighted by Crippen LogP contribution is -2.43. The smallest absolute Gasteiger partial charge is 0.319 e. The third kappa shape index (κ3) is 2.41. The van der Waals surface area contributed by atoms with Crippen LogP contribution >= 0.6 is 0 Å². The first-order chi connectivity index (χ1) is 9.52. The van der Waals surface area contributed by atoms with Crippen molar-refractivity contribution in [3.05, 3.63) is 35.9 Å². The summed E-state index contributed by atoms with van der Waals surface area (Å²) in [6.07, 6.45) is 0. The Hall–Kier alpha value is -1.88. The minimum atomic E-state index is -0.967. The molecule has 2 rings (SSSR count). The van der Waals surface area contributed by atoms with Gasteiger partial charge < -0.3 is 5.32 Å². The van der Waals surface area contributed by atoms with Gasteiger partial charge in [-0.2, -0.15) is 0 Å². The molecule has 1 heterocycles. The van der Waals surface area contributed by atoms with E-state index in [1.54, 1.807) is 6.92 Å². The largest absolute Gasteiger partial charge is 0.326 e. The molecule has 1 aromatic rings. The van der Waals surface area contributed by atoms with Gasteiger partial charge in [-0.3, -0.25) is 9.69 Å². The molecule has 0 radical (unpaired) electrons. The molecule has 0 aliphatic carbocycles. The lowest BCUT2D eigenvalue weighted by Gasteiger charge is -2.25. The molecule has 1 atom stereocenters. The van der Waals surface area contributed by atoms with Crippen LogP contribution in [0.15, 0.2) is 30.3 Å². The summed E-state index contributed by atoms with van der Waals surface area (Å²) in [6, 6.07) is 9.02. The highest BCUT2D eigenvalue weighted by Gasteiger charge is 2.49. The van der Waals surface area contributed by atoms with Crippen LogP contribution in [0.4, 0.5) is 4.79 Å². The maximum Gasteiger partial charge on any atom is 0.326 e. The van der Waals surface area contributed by atoms with Crippen LogP contribution in [0, 0.1) is 0 Å². The Labute approximate surface area is 119 Å². The first kappa shape index (κ1) is 14.5. The van der Waals surface area contributed by atoms with Crippen LogP contribution in [-0.2, 0) is 10.3 Å². The van der Waals surface area contributed by atoms with Gasteiger partial charge in [-0.1, -0.05) is 44.2 Å². The molecule has 1 fully saturated rings. The summed E-state index contributed by atoms with van der Waals surface area (Å²) in [5, 5.41) is 2.81. The summed E-state index contributed by atoms with van der Waals surface area (Å²) in [5.74, 6) is -0.194. The Morgan fingerprint density at radius 3 is 2.30 bits per heavy atom. The maximum absolute atomic E-state index is 12.6. The van der Waals surface area contributed by atoms with Crippen molar-refractivity contribution in [3.8, 4) is 0 Å².